The Bertz CT molecular complexity index is 1350. The summed E-state index contributed by atoms with van der Waals surface area (Å²) in [6.07, 6.45) is 0.767. The van der Waals surface area contributed by atoms with Gasteiger partial charge in [-0.1, -0.05) is 34.9 Å². The molecule has 0 radical (unpaired) electrons. The average molecular weight is 493 g/mol. The van der Waals surface area contributed by atoms with Crippen LogP contribution in [0.15, 0.2) is 55.5 Å². The van der Waals surface area contributed by atoms with Crippen molar-refractivity contribution in [1.29, 1.82) is 0 Å². The van der Waals surface area contributed by atoms with Crippen molar-refractivity contribution in [3.8, 4) is 11.7 Å². The first-order valence-electron chi connectivity index (χ1n) is 9.79. The molecule has 0 unspecified atom stereocenters. The number of hydrogen-bond donors (Lipinski definition) is 1. The zero-order valence-electron chi connectivity index (χ0n) is 16.5. The van der Waals surface area contributed by atoms with Gasteiger partial charge in [0.15, 0.2) is 5.76 Å². The lowest BCUT2D eigenvalue weighted by atomic mass is 9.97. The Morgan fingerprint density at radius 1 is 1.12 bits per heavy atom. The number of amides is 1. The summed E-state index contributed by atoms with van der Waals surface area (Å²) in [5.41, 5.74) is 0.692. The Kier molecular flexibility index (Phi) is 5.49. The van der Waals surface area contributed by atoms with E-state index in [-0.39, 0.29) is 41.0 Å². The zero-order valence-corrected chi connectivity index (χ0v) is 18.9. The molecule has 9 nitrogen and oxygen atoms in total. The first-order valence-corrected chi connectivity index (χ1v) is 12.4. The number of halogens is 1. The molecule has 4 heterocycles. The normalized spacial score (nSPS) is 15.9. The molecule has 1 aromatic carbocycles. The number of nitrogens with one attached hydrogen (secondary N) is 1. The van der Waals surface area contributed by atoms with Crippen LogP contribution in [0.5, 0.6) is 0 Å². The molecule has 0 spiro atoms. The lowest BCUT2D eigenvalue weighted by Crippen LogP contribution is -2.41. The van der Waals surface area contributed by atoms with Crippen molar-refractivity contribution >= 4 is 55.9 Å². The summed E-state index contributed by atoms with van der Waals surface area (Å²) in [5.74, 6) is -0.0886. The van der Waals surface area contributed by atoms with E-state index in [2.05, 4.69) is 15.5 Å². The Morgan fingerprint density at radius 3 is 2.62 bits per heavy atom. The molecular weight excluding hydrogens is 476 g/mol. The standard InChI is InChI=1S/C20H17ClN4O5S2/c21-16-5-6-17(31-16)32(27,28)25-9-7-12(8-10-25)18(26)22-20-24-23-19(30-20)15-11-13-3-1-2-4-14(13)29-15/h1-6,11-12H,7-10H2,(H,22,24,26). The molecule has 1 amide bonds. The number of piperidine rings is 1. The fraction of sp³-hybridized carbons (Fsp3) is 0.250. The number of hydrogen-bond acceptors (Lipinski definition) is 8. The van der Waals surface area contributed by atoms with Gasteiger partial charge in [-0.3, -0.25) is 10.1 Å². The van der Waals surface area contributed by atoms with Gasteiger partial charge in [-0.25, -0.2) is 8.42 Å². The van der Waals surface area contributed by atoms with E-state index >= 15 is 0 Å². The van der Waals surface area contributed by atoms with Gasteiger partial charge in [0, 0.05) is 24.4 Å². The topological polar surface area (TPSA) is 119 Å². The van der Waals surface area contributed by atoms with E-state index in [0.29, 0.717) is 28.5 Å². The maximum Gasteiger partial charge on any atom is 0.322 e. The second kappa shape index (κ2) is 8.32. The molecule has 0 bridgehead atoms. The third-order valence-electron chi connectivity index (χ3n) is 5.26. The van der Waals surface area contributed by atoms with Gasteiger partial charge in [-0.15, -0.1) is 16.4 Å². The number of furan rings is 1. The van der Waals surface area contributed by atoms with Gasteiger partial charge in [-0.2, -0.15) is 4.31 Å². The number of anilines is 1. The van der Waals surface area contributed by atoms with Gasteiger partial charge in [0.2, 0.25) is 5.91 Å². The minimum Gasteiger partial charge on any atom is -0.451 e. The molecule has 0 aliphatic carbocycles. The summed E-state index contributed by atoms with van der Waals surface area (Å²) in [6.45, 7) is 0.480. The molecule has 1 aliphatic rings. The molecule has 3 aromatic heterocycles. The number of benzene rings is 1. The van der Waals surface area contributed by atoms with Gasteiger partial charge in [0.05, 0.1) is 4.34 Å². The monoisotopic (exact) mass is 492 g/mol. The second-order valence-corrected chi connectivity index (χ2v) is 11.2. The molecule has 1 N–H and O–H groups in total. The minimum atomic E-state index is -3.60. The third-order valence-corrected chi connectivity index (χ3v) is 8.86. The summed E-state index contributed by atoms with van der Waals surface area (Å²) in [5, 5.41) is 11.3. The van der Waals surface area contributed by atoms with Crippen LogP contribution in [0.1, 0.15) is 12.8 Å². The summed E-state index contributed by atoms with van der Waals surface area (Å²) in [6, 6.07) is 12.3. The number of carbonyl (C=O) groups is 1. The van der Waals surface area contributed by atoms with Crippen molar-refractivity contribution in [2.45, 2.75) is 17.1 Å². The molecule has 4 aromatic rings. The van der Waals surface area contributed by atoms with Crippen LogP contribution in [-0.2, 0) is 14.8 Å². The van der Waals surface area contributed by atoms with Crippen LogP contribution in [-0.4, -0.2) is 41.9 Å². The van der Waals surface area contributed by atoms with Crippen molar-refractivity contribution in [3.05, 3.63) is 46.8 Å². The quantitative estimate of drug-likeness (QED) is 0.442. The predicted octanol–water partition coefficient (Wildman–Crippen LogP) is 4.24. The van der Waals surface area contributed by atoms with E-state index < -0.39 is 10.0 Å². The SMILES string of the molecule is O=C(Nc1nnc(-c2cc3ccccc3o2)o1)C1CCN(S(=O)(=O)c2ccc(Cl)s2)CC1. The number of sulfonamides is 1. The average Bonchev–Trinajstić information content (AvgIpc) is 3.53. The van der Waals surface area contributed by atoms with E-state index in [1.807, 2.05) is 24.3 Å². The van der Waals surface area contributed by atoms with Gasteiger partial charge < -0.3 is 8.83 Å². The summed E-state index contributed by atoms with van der Waals surface area (Å²) in [7, 11) is -3.60. The number of fused-ring (bicyclic) bond motifs is 1. The van der Waals surface area contributed by atoms with Gasteiger partial charge in [0.1, 0.15) is 9.79 Å². The van der Waals surface area contributed by atoms with E-state index in [1.165, 1.54) is 10.4 Å². The molecule has 166 valence electrons. The van der Waals surface area contributed by atoms with Crippen molar-refractivity contribution < 1.29 is 22.0 Å². The molecule has 0 saturated carbocycles. The van der Waals surface area contributed by atoms with Crippen molar-refractivity contribution in [1.82, 2.24) is 14.5 Å². The number of thiophene rings is 1. The third kappa shape index (κ3) is 4.04. The largest absolute Gasteiger partial charge is 0.451 e. The Morgan fingerprint density at radius 2 is 1.91 bits per heavy atom. The van der Waals surface area contributed by atoms with Gasteiger partial charge in [0.25, 0.3) is 15.9 Å². The van der Waals surface area contributed by atoms with Gasteiger partial charge >= 0.3 is 6.01 Å². The Hall–Kier alpha value is -2.73. The molecule has 1 fully saturated rings. The van der Waals surface area contributed by atoms with Crippen molar-refractivity contribution in [2.24, 2.45) is 5.92 Å². The highest BCUT2D eigenvalue weighted by Crippen LogP contribution is 2.31. The highest BCUT2D eigenvalue weighted by atomic mass is 35.5. The molecule has 1 aliphatic heterocycles. The Labute approximate surface area is 192 Å². The van der Waals surface area contributed by atoms with Crippen LogP contribution in [0.25, 0.3) is 22.6 Å². The van der Waals surface area contributed by atoms with Crippen LogP contribution < -0.4 is 5.32 Å². The summed E-state index contributed by atoms with van der Waals surface area (Å²) < 4.78 is 38.6. The van der Waals surface area contributed by atoms with E-state index in [0.717, 1.165) is 16.7 Å². The van der Waals surface area contributed by atoms with E-state index in [9.17, 15) is 13.2 Å². The lowest BCUT2D eigenvalue weighted by Gasteiger charge is -2.29. The minimum absolute atomic E-state index is 0.0336. The molecule has 12 heteroatoms. The van der Waals surface area contributed by atoms with Crippen molar-refractivity contribution in [2.75, 3.05) is 18.4 Å². The summed E-state index contributed by atoms with van der Waals surface area (Å²) in [4.78, 5) is 12.6. The van der Waals surface area contributed by atoms with Crippen LogP contribution in [0.2, 0.25) is 4.34 Å². The van der Waals surface area contributed by atoms with Crippen LogP contribution >= 0.6 is 22.9 Å². The van der Waals surface area contributed by atoms with Crippen molar-refractivity contribution in [3.63, 3.8) is 0 Å². The molecule has 32 heavy (non-hydrogen) atoms. The molecule has 5 rings (SSSR count). The highest BCUT2D eigenvalue weighted by Gasteiger charge is 2.33. The number of nitrogens with zero attached hydrogens (tertiary/aromatic N) is 3. The van der Waals surface area contributed by atoms with E-state index in [4.69, 9.17) is 20.4 Å². The first-order chi connectivity index (χ1) is 15.4. The maximum absolute atomic E-state index is 12.7. The highest BCUT2D eigenvalue weighted by molar-refractivity contribution is 7.91. The van der Waals surface area contributed by atoms with Crippen LogP contribution in [0.3, 0.4) is 0 Å². The molecule has 0 atom stereocenters. The molecular formula is C20H17ClN4O5S2. The number of aromatic nitrogens is 2. The second-order valence-electron chi connectivity index (χ2n) is 7.29. The number of rotatable bonds is 5. The number of carbonyl (C=O) groups excluding carboxylic acids is 1. The maximum atomic E-state index is 12.7. The zero-order chi connectivity index (χ0) is 22.3. The van der Waals surface area contributed by atoms with E-state index in [1.54, 1.807) is 12.1 Å². The fourth-order valence-corrected chi connectivity index (χ4v) is 6.70. The molecule has 1 saturated heterocycles. The lowest BCUT2D eigenvalue weighted by molar-refractivity contribution is -0.121. The first kappa shape index (κ1) is 21.1. The van der Waals surface area contributed by atoms with Crippen LogP contribution in [0.4, 0.5) is 6.01 Å². The summed E-state index contributed by atoms with van der Waals surface area (Å²) >= 11 is 6.89. The fourth-order valence-electron chi connectivity index (χ4n) is 3.59. The van der Waals surface area contributed by atoms with Crippen LogP contribution in [0, 0.1) is 5.92 Å². The predicted molar refractivity (Wildman–Crippen MR) is 119 cm³/mol. The number of para-hydroxylation sites is 1. The van der Waals surface area contributed by atoms with Gasteiger partial charge in [-0.05, 0) is 37.1 Å². The Balaban J connectivity index is 1.21. The smallest absolute Gasteiger partial charge is 0.322 e.